The summed E-state index contributed by atoms with van der Waals surface area (Å²) in [6.45, 7) is 0.412. The Balaban J connectivity index is 1.39. The van der Waals surface area contributed by atoms with Gasteiger partial charge in [-0.2, -0.15) is 0 Å². The number of benzene rings is 2. The maximum absolute atomic E-state index is 13.0. The minimum Gasteiger partial charge on any atom is -0.354 e. The number of hydrogen-bond donors (Lipinski definition) is 2. The van der Waals surface area contributed by atoms with Crippen molar-refractivity contribution in [1.82, 2.24) is 10.2 Å². The number of amides is 2. The summed E-state index contributed by atoms with van der Waals surface area (Å²) in [6.07, 6.45) is 3.36. The molecular formula is C22H25N3O4S. The molecule has 3 atom stereocenters. The van der Waals surface area contributed by atoms with E-state index in [0.29, 0.717) is 18.5 Å². The van der Waals surface area contributed by atoms with Crippen LogP contribution in [0.2, 0.25) is 0 Å². The first-order valence-electron chi connectivity index (χ1n) is 10.1. The third kappa shape index (κ3) is 4.11. The summed E-state index contributed by atoms with van der Waals surface area (Å²) >= 11 is 0. The third-order valence-electron chi connectivity index (χ3n) is 6.07. The SMILES string of the molecule is NS(=O)(=O)c1ccc(CCNC(=O)C2C3CCC(C3)N2C(=O)c2ccccc2)cc1. The molecule has 2 aromatic rings. The fourth-order valence-electron chi connectivity index (χ4n) is 4.63. The Morgan fingerprint density at radius 1 is 1.03 bits per heavy atom. The smallest absolute Gasteiger partial charge is 0.254 e. The quantitative estimate of drug-likeness (QED) is 0.731. The van der Waals surface area contributed by atoms with Crippen LogP contribution in [0, 0.1) is 5.92 Å². The molecule has 1 saturated heterocycles. The number of hydrogen-bond acceptors (Lipinski definition) is 4. The Morgan fingerprint density at radius 3 is 2.40 bits per heavy atom. The van der Waals surface area contributed by atoms with Gasteiger partial charge in [0.1, 0.15) is 6.04 Å². The first kappa shape index (κ1) is 20.6. The van der Waals surface area contributed by atoms with Crippen LogP contribution in [-0.2, 0) is 21.2 Å². The van der Waals surface area contributed by atoms with Gasteiger partial charge in [0.2, 0.25) is 15.9 Å². The average molecular weight is 428 g/mol. The summed E-state index contributed by atoms with van der Waals surface area (Å²) in [7, 11) is -3.71. The molecule has 1 aliphatic carbocycles. The largest absolute Gasteiger partial charge is 0.354 e. The zero-order valence-corrected chi connectivity index (χ0v) is 17.3. The van der Waals surface area contributed by atoms with Gasteiger partial charge in [0.05, 0.1) is 4.90 Å². The lowest BCUT2D eigenvalue weighted by Gasteiger charge is -2.34. The van der Waals surface area contributed by atoms with E-state index in [-0.39, 0.29) is 28.7 Å². The van der Waals surface area contributed by atoms with Crippen molar-refractivity contribution in [3.63, 3.8) is 0 Å². The van der Waals surface area contributed by atoms with Crippen LogP contribution >= 0.6 is 0 Å². The van der Waals surface area contributed by atoms with Crippen molar-refractivity contribution in [3.05, 3.63) is 65.7 Å². The molecule has 2 bridgehead atoms. The van der Waals surface area contributed by atoms with Crippen molar-refractivity contribution in [2.75, 3.05) is 6.54 Å². The average Bonchev–Trinajstić information content (AvgIpc) is 3.35. The van der Waals surface area contributed by atoms with E-state index in [4.69, 9.17) is 5.14 Å². The predicted molar refractivity (Wildman–Crippen MR) is 112 cm³/mol. The molecule has 2 aromatic carbocycles. The van der Waals surface area contributed by atoms with E-state index in [1.54, 1.807) is 29.2 Å². The molecule has 1 saturated carbocycles. The number of nitrogens with two attached hydrogens (primary N) is 1. The first-order chi connectivity index (χ1) is 14.3. The lowest BCUT2D eigenvalue weighted by atomic mass is 9.97. The molecule has 2 amide bonds. The van der Waals surface area contributed by atoms with Crippen molar-refractivity contribution >= 4 is 21.8 Å². The summed E-state index contributed by atoms with van der Waals surface area (Å²) in [5.74, 6) is 0.00544. The van der Waals surface area contributed by atoms with E-state index in [0.717, 1.165) is 24.8 Å². The molecule has 3 N–H and O–H groups in total. The van der Waals surface area contributed by atoms with Crippen LogP contribution in [-0.4, -0.2) is 43.8 Å². The standard InChI is InChI=1S/C22H25N3O4S/c23-30(28,29)19-10-6-15(7-11-19)12-13-24-21(26)20-17-8-9-18(14-17)25(20)22(27)16-4-2-1-3-5-16/h1-7,10-11,17-18,20H,8-9,12-14H2,(H,24,26)(H2,23,28,29). The van der Waals surface area contributed by atoms with Crippen molar-refractivity contribution in [2.45, 2.75) is 42.7 Å². The number of piperidine rings is 1. The lowest BCUT2D eigenvalue weighted by Crippen LogP contribution is -2.53. The van der Waals surface area contributed by atoms with E-state index in [1.807, 2.05) is 18.2 Å². The molecule has 0 radical (unpaired) electrons. The summed E-state index contributed by atoms with van der Waals surface area (Å²) in [6, 6.07) is 15.1. The highest BCUT2D eigenvalue weighted by atomic mass is 32.2. The van der Waals surface area contributed by atoms with Crippen LogP contribution in [0.4, 0.5) is 0 Å². The van der Waals surface area contributed by atoms with Gasteiger partial charge in [-0.1, -0.05) is 30.3 Å². The van der Waals surface area contributed by atoms with Crippen LogP contribution in [0.5, 0.6) is 0 Å². The molecule has 0 aromatic heterocycles. The summed E-state index contributed by atoms with van der Waals surface area (Å²) in [5.41, 5.74) is 1.51. The van der Waals surface area contributed by atoms with E-state index in [1.165, 1.54) is 12.1 Å². The van der Waals surface area contributed by atoms with Crippen molar-refractivity contribution in [3.8, 4) is 0 Å². The second-order valence-electron chi connectivity index (χ2n) is 7.98. The number of rotatable bonds is 6. The number of sulfonamides is 1. The maximum atomic E-state index is 13.0. The van der Waals surface area contributed by atoms with Gasteiger partial charge in [0.15, 0.2) is 0 Å². The highest BCUT2D eigenvalue weighted by Gasteiger charge is 2.51. The number of likely N-dealkylation sites (tertiary alicyclic amines) is 1. The third-order valence-corrected chi connectivity index (χ3v) is 7.00. The Kier molecular flexibility index (Phi) is 5.62. The second-order valence-corrected chi connectivity index (χ2v) is 9.54. The van der Waals surface area contributed by atoms with Gasteiger partial charge in [-0.15, -0.1) is 0 Å². The van der Waals surface area contributed by atoms with Crippen molar-refractivity contribution in [1.29, 1.82) is 0 Å². The molecular weight excluding hydrogens is 402 g/mol. The number of carbonyl (C=O) groups excluding carboxylic acids is 2. The zero-order valence-electron chi connectivity index (χ0n) is 16.5. The Bertz CT molecular complexity index is 1040. The van der Waals surface area contributed by atoms with E-state index in [9.17, 15) is 18.0 Å². The Hall–Kier alpha value is -2.71. The van der Waals surface area contributed by atoms with Gasteiger partial charge in [-0.05, 0) is 61.4 Å². The summed E-state index contributed by atoms with van der Waals surface area (Å²) in [5, 5.41) is 8.07. The van der Waals surface area contributed by atoms with Crippen LogP contribution < -0.4 is 10.5 Å². The molecule has 3 unspecified atom stereocenters. The highest BCUT2D eigenvalue weighted by molar-refractivity contribution is 7.89. The number of primary sulfonamides is 1. The summed E-state index contributed by atoms with van der Waals surface area (Å²) in [4.78, 5) is 27.8. The predicted octanol–water partition coefficient (Wildman–Crippen LogP) is 1.69. The van der Waals surface area contributed by atoms with E-state index < -0.39 is 16.1 Å². The molecule has 7 nitrogen and oxygen atoms in total. The van der Waals surface area contributed by atoms with Gasteiger partial charge in [-0.25, -0.2) is 13.6 Å². The normalized spacial score (nSPS) is 22.8. The van der Waals surface area contributed by atoms with Crippen molar-refractivity contribution < 1.29 is 18.0 Å². The molecule has 1 aliphatic heterocycles. The lowest BCUT2D eigenvalue weighted by molar-refractivity contribution is -0.126. The Morgan fingerprint density at radius 2 is 1.73 bits per heavy atom. The second kappa shape index (κ2) is 8.20. The Labute approximate surface area is 176 Å². The zero-order chi connectivity index (χ0) is 21.3. The molecule has 30 heavy (non-hydrogen) atoms. The van der Waals surface area contributed by atoms with E-state index in [2.05, 4.69) is 5.32 Å². The van der Waals surface area contributed by atoms with Gasteiger partial charge in [-0.3, -0.25) is 9.59 Å². The van der Waals surface area contributed by atoms with Gasteiger partial charge >= 0.3 is 0 Å². The first-order valence-corrected chi connectivity index (χ1v) is 11.7. The molecule has 2 aliphatic rings. The molecule has 2 fully saturated rings. The van der Waals surface area contributed by atoms with Crippen molar-refractivity contribution in [2.24, 2.45) is 11.1 Å². The van der Waals surface area contributed by atoms with Crippen LogP contribution in [0.1, 0.15) is 35.2 Å². The molecule has 4 rings (SSSR count). The fraction of sp³-hybridized carbons (Fsp3) is 0.364. The fourth-order valence-corrected chi connectivity index (χ4v) is 5.14. The van der Waals surface area contributed by atoms with Crippen LogP contribution in [0.3, 0.4) is 0 Å². The van der Waals surface area contributed by atoms with Crippen LogP contribution in [0.15, 0.2) is 59.5 Å². The van der Waals surface area contributed by atoms with Crippen LogP contribution in [0.25, 0.3) is 0 Å². The topological polar surface area (TPSA) is 110 Å². The monoisotopic (exact) mass is 427 g/mol. The maximum Gasteiger partial charge on any atom is 0.254 e. The molecule has 158 valence electrons. The number of carbonyl (C=O) groups is 2. The number of nitrogens with one attached hydrogen (secondary N) is 1. The van der Waals surface area contributed by atoms with Gasteiger partial charge in [0, 0.05) is 18.2 Å². The molecule has 0 spiro atoms. The van der Waals surface area contributed by atoms with Gasteiger partial charge in [0.25, 0.3) is 5.91 Å². The highest BCUT2D eigenvalue weighted by Crippen LogP contribution is 2.43. The molecule has 8 heteroatoms. The summed E-state index contributed by atoms with van der Waals surface area (Å²) < 4.78 is 22.7. The number of nitrogens with zero attached hydrogens (tertiary/aromatic N) is 1. The minimum absolute atomic E-state index is 0.0623. The number of fused-ring (bicyclic) bond motifs is 2. The molecule has 1 heterocycles. The minimum atomic E-state index is -3.71. The van der Waals surface area contributed by atoms with E-state index >= 15 is 0 Å². The van der Waals surface area contributed by atoms with Gasteiger partial charge < -0.3 is 10.2 Å².